The number of halogens is 2. The molecule has 30 heavy (non-hydrogen) atoms. The van der Waals surface area contributed by atoms with Gasteiger partial charge in [-0.3, -0.25) is 4.79 Å². The molecule has 1 aromatic carbocycles. The number of carbonyl (C=O) groups excluding carboxylic acids is 3. The smallest absolute Gasteiger partial charge is 0.238 e. The van der Waals surface area contributed by atoms with Gasteiger partial charge in [0.2, 0.25) is 5.91 Å². The van der Waals surface area contributed by atoms with Crippen molar-refractivity contribution in [1.29, 1.82) is 5.26 Å². The Morgan fingerprint density at radius 2 is 1.90 bits per heavy atom. The van der Waals surface area contributed by atoms with Gasteiger partial charge in [0.15, 0.2) is 0 Å². The van der Waals surface area contributed by atoms with E-state index < -0.39 is 11.2 Å². The summed E-state index contributed by atoms with van der Waals surface area (Å²) in [5, 5.41) is 14.8. The Bertz CT molecular complexity index is 740. The number of nitrogens with one attached hydrogen (secondary N) is 2. The van der Waals surface area contributed by atoms with Crippen molar-refractivity contribution in [2.75, 3.05) is 6.54 Å². The summed E-state index contributed by atoms with van der Waals surface area (Å²) in [6.45, 7) is 12.1. The number of alkyl halides is 1. The molecule has 0 bridgehead atoms. The zero-order chi connectivity index (χ0) is 23.5. The molecule has 1 saturated heterocycles. The van der Waals surface area contributed by atoms with Crippen molar-refractivity contribution in [2.45, 2.75) is 64.2 Å². The lowest BCUT2D eigenvalue weighted by atomic mass is 9.96. The Hall–Kier alpha value is -2.11. The van der Waals surface area contributed by atoms with Crippen LogP contribution in [0.2, 0.25) is 0 Å². The molecule has 1 amide bonds. The van der Waals surface area contributed by atoms with E-state index >= 15 is 0 Å². The molecule has 0 aromatic heterocycles. The van der Waals surface area contributed by atoms with E-state index in [0.717, 1.165) is 41.4 Å². The Labute approximate surface area is 186 Å². The van der Waals surface area contributed by atoms with Gasteiger partial charge in [-0.15, -0.1) is 0 Å². The Morgan fingerprint density at radius 1 is 1.33 bits per heavy atom. The molecule has 1 aromatic rings. The van der Waals surface area contributed by atoms with E-state index in [1.54, 1.807) is 13.8 Å². The lowest BCUT2D eigenvalue weighted by Crippen LogP contribution is -2.45. The van der Waals surface area contributed by atoms with Gasteiger partial charge < -0.3 is 20.2 Å². The standard InChI is InChI=1S/C10H12BrF.C10H15N3O.2CH2O/c1-7-4-5-8(11)6-9(7)10(2,3)12;1-7-4-8(12-5-7)9(14)13-10(6-11)2-3-10;2*1-2/h4-6H,1-3H3;7-8,12H,2-5H2,1H3,(H,13,14);2*1H2/t;7?,8-;;/m.0../s1. The van der Waals surface area contributed by atoms with Gasteiger partial charge >= 0.3 is 0 Å². The van der Waals surface area contributed by atoms with Gasteiger partial charge in [-0.25, -0.2) is 4.39 Å². The van der Waals surface area contributed by atoms with E-state index in [-0.39, 0.29) is 11.9 Å². The van der Waals surface area contributed by atoms with Crippen LogP contribution in [-0.4, -0.2) is 37.6 Å². The maximum Gasteiger partial charge on any atom is 0.238 e. The maximum absolute atomic E-state index is 13.5. The SMILES string of the molecule is C=O.C=O.CC1CN[C@H](C(=O)NC2(C#N)CC2)C1.Cc1ccc(Br)cc1C(C)(C)F. The number of hydrogen-bond donors (Lipinski definition) is 2. The van der Waals surface area contributed by atoms with Crippen molar-refractivity contribution in [2.24, 2.45) is 5.92 Å². The van der Waals surface area contributed by atoms with Crippen LogP contribution in [-0.2, 0) is 20.1 Å². The third-order valence-electron chi connectivity index (χ3n) is 4.83. The first-order valence-corrected chi connectivity index (χ1v) is 10.4. The second-order valence-electron chi connectivity index (χ2n) is 7.92. The molecule has 1 heterocycles. The number of aryl methyl sites for hydroxylation is 1. The van der Waals surface area contributed by atoms with E-state index in [9.17, 15) is 9.18 Å². The first-order valence-electron chi connectivity index (χ1n) is 9.56. The van der Waals surface area contributed by atoms with Crippen LogP contribution in [0.25, 0.3) is 0 Å². The summed E-state index contributed by atoms with van der Waals surface area (Å²) >= 11 is 3.32. The number of hydrogen-bond acceptors (Lipinski definition) is 5. The van der Waals surface area contributed by atoms with Gasteiger partial charge in [0.05, 0.1) is 12.1 Å². The van der Waals surface area contributed by atoms with Crippen molar-refractivity contribution in [1.82, 2.24) is 10.6 Å². The van der Waals surface area contributed by atoms with Crippen LogP contribution in [0.4, 0.5) is 4.39 Å². The molecule has 1 aliphatic carbocycles. The topological polar surface area (TPSA) is 99.1 Å². The molecule has 2 atom stereocenters. The summed E-state index contributed by atoms with van der Waals surface area (Å²) in [6.07, 6.45) is 2.49. The van der Waals surface area contributed by atoms with Gasteiger partial charge in [0.25, 0.3) is 0 Å². The molecule has 1 unspecified atom stereocenters. The summed E-state index contributed by atoms with van der Waals surface area (Å²) in [5.74, 6) is 0.552. The van der Waals surface area contributed by atoms with Crippen LogP contribution in [0.15, 0.2) is 22.7 Å². The number of carbonyl (C=O) groups is 3. The number of nitriles is 1. The van der Waals surface area contributed by atoms with Crippen molar-refractivity contribution in [3.05, 3.63) is 33.8 Å². The largest absolute Gasteiger partial charge is 0.336 e. The molecule has 2 N–H and O–H groups in total. The van der Waals surface area contributed by atoms with E-state index in [1.807, 2.05) is 38.7 Å². The molecular formula is C22H31BrFN3O3. The number of nitrogens with zero attached hydrogens (tertiary/aromatic N) is 1. The average molecular weight is 484 g/mol. The second-order valence-corrected chi connectivity index (χ2v) is 8.83. The minimum absolute atomic E-state index is 0.00611. The van der Waals surface area contributed by atoms with Crippen molar-refractivity contribution >= 4 is 35.4 Å². The summed E-state index contributed by atoms with van der Waals surface area (Å²) in [6, 6.07) is 7.74. The molecule has 3 rings (SSSR count). The zero-order valence-electron chi connectivity index (χ0n) is 18.1. The lowest BCUT2D eigenvalue weighted by Gasteiger charge is -2.17. The minimum Gasteiger partial charge on any atom is -0.336 e. The van der Waals surface area contributed by atoms with Gasteiger partial charge in [-0.2, -0.15) is 5.26 Å². The number of amides is 1. The Morgan fingerprint density at radius 3 is 2.27 bits per heavy atom. The predicted octanol–water partition coefficient (Wildman–Crippen LogP) is 3.75. The second kappa shape index (κ2) is 12.6. The van der Waals surface area contributed by atoms with E-state index in [1.165, 1.54) is 0 Å². The molecule has 8 heteroatoms. The fourth-order valence-corrected chi connectivity index (χ4v) is 3.42. The van der Waals surface area contributed by atoms with E-state index in [2.05, 4.69) is 39.6 Å². The highest BCUT2D eigenvalue weighted by atomic mass is 79.9. The van der Waals surface area contributed by atoms with Crippen molar-refractivity contribution in [3.63, 3.8) is 0 Å². The molecular weight excluding hydrogens is 453 g/mol. The van der Waals surface area contributed by atoms with E-state index in [4.69, 9.17) is 14.9 Å². The molecule has 166 valence electrons. The quantitative estimate of drug-likeness (QED) is 0.681. The molecule has 6 nitrogen and oxygen atoms in total. The highest BCUT2D eigenvalue weighted by Gasteiger charge is 2.46. The monoisotopic (exact) mass is 483 g/mol. The first kappa shape index (κ1) is 27.9. The maximum atomic E-state index is 13.5. The van der Waals surface area contributed by atoms with Crippen LogP contribution < -0.4 is 10.6 Å². The molecule has 2 fully saturated rings. The fourth-order valence-electron chi connectivity index (χ4n) is 3.06. The van der Waals surface area contributed by atoms with Crippen LogP contribution in [0.1, 0.15) is 51.2 Å². The van der Waals surface area contributed by atoms with Crippen LogP contribution in [0.5, 0.6) is 0 Å². The number of benzene rings is 1. The van der Waals surface area contributed by atoms with Gasteiger partial charge in [0, 0.05) is 4.47 Å². The molecule has 1 aliphatic heterocycles. The fraction of sp³-hybridized carbons (Fsp3) is 0.545. The Balaban J connectivity index is 0.000000486. The normalized spacial score (nSPS) is 20.6. The first-order chi connectivity index (χ1) is 14.1. The summed E-state index contributed by atoms with van der Waals surface area (Å²) in [7, 11) is 0. The van der Waals surface area contributed by atoms with E-state index in [0.29, 0.717) is 5.92 Å². The third kappa shape index (κ3) is 8.72. The average Bonchev–Trinajstić information content (AvgIpc) is 3.36. The number of rotatable bonds is 3. The third-order valence-corrected chi connectivity index (χ3v) is 5.33. The predicted molar refractivity (Wildman–Crippen MR) is 119 cm³/mol. The summed E-state index contributed by atoms with van der Waals surface area (Å²) < 4.78 is 14.5. The lowest BCUT2D eigenvalue weighted by molar-refractivity contribution is -0.123. The summed E-state index contributed by atoms with van der Waals surface area (Å²) in [4.78, 5) is 27.7. The molecule has 0 radical (unpaired) electrons. The Kier molecular flexibility index (Phi) is 11.7. The van der Waals surface area contributed by atoms with Gasteiger partial charge in [-0.1, -0.05) is 28.9 Å². The molecule has 0 spiro atoms. The van der Waals surface area contributed by atoms with Gasteiger partial charge in [-0.05, 0) is 75.8 Å². The molecule has 1 saturated carbocycles. The molecule has 2 aliphatic rings. The highest BCUT2D eigenvalue weighted by molar-refractivity contribution is 9.10. The zero-order valence-corrected chi connectivity index (χ0v) is 19.6. The summed E-state index contributed by atoms with van der Waals surface area (Å²) in [5.41, 5.74) is -0.0408. The van der Waals surface area contributed by atoms with Crippen LogP contribution >= 0.6 is 15.9 Å². The van der Waals surface area contributed by atoms with Crippen LogP contribution in [0, 0.1) is 24.2 Å². The van der Waals surface area contributed by atoms with Crippen molar-refractivity contribution in [3.8, 4) is 6.07 Å². The highest BCUT2D eigenvalue weighted by Crippen LogP contribution is 2.34. The van der Waals surface area contributed by atoms with Gasteiger partial charge in [0.1, 0.15) is 24.8 Å². The van der Waals surface area contributed by atoms with Crippen LogP contribution in [0.3, 0.4) is 0 Å². The van der Waals surface area contributed by atoms with Crippen molar-refractivity contribution < 1.29 is 18.8 Å². The minimum atomic E-state index is -1.26.